The maximum atomic E-state index is 11.4. The minimum atomic E-state index is -0.362. The summed E-state index contributed by atoms with van der Waals surface area (Å²) in [5, 5.41) is 4.93. The van der Waals surface area contributed by atoms with E-state index >= 15 is 0 Å². The van der Waals surface area contributed by atoms with Crippen LogP contribution < -0.4 is 10.6 Å². The van der Waals surface area contributed by atoms with Gasteiger partial charge in [-0.15, -0.1) is 0 Å². The number of carbonyl (C=O) groups excluding carboxylic acids is 2. The molecule has 2 rings (SSSR count). The van der Waals surface area contributed by atoms with Gasteiger partial charge in [0.25, 0.3) is 5.91 Å². The molecule has 2 aliphatic rings. The Balaban J connectivity index is 1.90. The molecule has 0 bridgehead atoms. The zero-order chi connectivity index (χ0) is 10.8. The van der Waals surface area contributed by atoms with Crippen molar-refractivity contribution in [2.45, 2.75) is 37.8 Å². The third-order valence-corrected chi connectivity index (χ3v) is 3.33. The standard InChI is InChI=1S/C10H16N2O3/c1-15-7-4-2-6(3-5-7)8-9(13)12-10(14)11-8/h6-8H,2-5H2,1H3,(H2,11,12,13,14)/t6?,7?,8-/m1/s1. The maximum absolute atomic E-state index is 11.4. The zero-order valence-electron chi connectivity index (χ0n) is 8.79. The number of hydrogen-bond donors (Lipinski definition) is 2. The first-order chi connectivity index (χ1) is 7.20. The second-order valence-corrected chi connectivity index (χ2v) is 4.21. The molecule has 2 N–H and O–H groups in total. The number of urea groups is 1. The van der Waals surface area contributed by atoms with Crippen LogP contribution in [0.5, 0.6) is 0 Å². The molecule has 0 spiro atoms. The van der Waals surface area contributed by atoms with Crippen molar-refractivity contribution in [2.24, 2.45) is 5.92 Å². The van der Waals surface area contributed by atoms with Gasteiger partial charge in [-0.25, -0.2) is 4.79 Å². The predicted octanol–water partition coefficient (Wildman–Crippen LogP) is 0.400. The molecule has 5 heteroatoms. The monoisotopic (exact) mass is 212 g/mol. The molecular weight excluding hydrogens is 196 g/mol. The smallest absolute Gasteiger partial charge is 0.322 e. The zero-order valence-corrected chi connectivity index (χ0v) is 8.79. The van der Waals surface area contributed by atoms with E-state index in [1.54, 1.807) is 7.11 Å². The Labute approximate surface area is 88.5 Å². The molecule has 84 valence electrons. The number of nitrogens with one attached hydrogen (secondary N) is 2. The molecule has 1 aliphatic heterocycles. The van der Waals surface area contributed by atoms with E-state index in [9.17, 15) is 9.59 Å². The van der Waals surface area contributed by atoms with Crippen molar-refractivity contribution < 1.29 is 14.3 Å². The van der Waals surface area contributed by atoms with E-state index in [0.29, 0.717) is 6.10 Å². The molecule has 0 unspecified atom stereocenters. The summed E-state index contributed by atoms with van der Waals surface area (Å²) in [6, 6.07) is -0.686. The highest BCUT2D eigenvalue weighted by molar-refractivity contribution is 6.04. The van der Waals surface area contributed by atoms with Gasteiger partial charge in [0.15, 0.2) is 0 Å². The first-order valence-corrected chi connectivity index (χ1v) is 5.35. The van der Waals surface area contributed by atoms with Crippen LogP contribution in [0.4, 0.5) is 4.79 Å². The summed E-state index contributed by atoms with van der Waals surface area (Å²) in [5.41, 5.74) is 0. The van der Waals surface area contributed by atoms with Gasteiger partial charge in [0.05, 0.1) is 6.10 Å². The molecule has 15 heavy (non-hydrogen) atoms. The Morgan fingerprint density at radius 3 is 2.33 bits per heavy atom. The van der Waals surface area contributed by atoms with Crippen molar-refractivity contribution in [3.05, 3.63) is 0 Å². The second kappa shape index (κ2) is 4.18. The van der Waals surface area contributed by atoms with Crippen LogP contribution in [0.15, 0.2) is 0 Å². The quantitative estimate of drug-likeness (QED) is 0.651. The van der Waals surface area contributed by atoms with Gasteiger partial charge in [0, 0.05) is 7.11 Å². The molecule has 1 saturated heterocycles. The van der Waals surface area contributed by atoms with Gasteiger partial charge < -0.3 is 10.1 Å². The van der Waals surface area contributed by atoms with Crippen LogP contribution in [0.2, 0.25) is 0 Å². The first kappa shape index (κ1) is 10.4. The average molecular weight is 212 g/mol. The number of imide groups is 1. The van der Waals surface area contributed by atoms with E-state index in [4.69, 9.17) is 4.74 Å². The van der Waals surface area contributed by atoms with Crippen molar-refractivity contribution in [1.29, 1.82) is 0 Å². The number of rotatable bonds is 2. The normalized spacial score (nSPS) is 36.2. The lowest BCUT2D eigenvalue weighted by atomic mass is 9.82. The molecule has 1 atom stereocenters. The summed E-state index contributed by atoms with van der Waals surface area (Å²) in [6.45, 7) is 0. The lowest BCUT2D eigenvalue weighted by Gasteiger charge is -2.29. The Morgan fingerprint density at radius 1 is 1.20 bits per heavy atom. The van der Waals surface area contributed by atoms with Gasteiger partial charge in [-0.3, -0.25) is 10.1 Å². The van der Waals surface area contributed by atoms with E-state index in [2.05, 4.69) is 10.6 Å². The molecular formula is C10H16N2O3. The van der Waals surface area contributed by atoms with Crippen molar-refractivity contribution in [1.82, 2.24) is 10.6 Å². The molecule has 0 aromatic rings. The highest BCUT2D eigenvalue weighted by atomic mass is 16.5. The summed E-state index contributed by atoms with van der Waals surface area (Å²) < 4.78 is 5.26. The van der Waals surface area contributed by atoms with E-state index in [1.165, 1.54) is 0 Å². The Morgan fingerprint density at radius 2 is 1.87 bits per heavy atom. The number of carbonyl (C=O) groups is 2. The fourth-order valence-electron chi connectivity index (χ4n) is 2.42. The molecule has 1 aliphatic carbocycles. The van der Waals surface area contributed by atoms with Gasteiger partial charge >= 0.3 is 6.03 Å². The Kier molecular flexibility index (Phi) is 2.90. The van der Waals surface area contributed by atoms with E-state index in [1.807, 2.05) is 0 Å². The van der Waals surface area contributed by atoms with Gasteiger partial charge in [-0.1, -0.05) is 0 Å². The lowest BCUT2D eigenvalue weighted by Crippen LogP contribution is -2.39. The fourth-order valence-corrected chi connectivity index (χ4v) is 2.42. The molecule has 1 heterocycles. The summed E-state index contributed by atoms with van der Waals surface area (Å²) in [4.78, 5) is 22.4. The van der Waals surface area contributed by atoms with Crippen molar-refractivity contribution in [2.75, 3.05) is 7.11 Å². The van der Waals surface area contributed by atoms with E-state index in [0.717, 1.165) is 25.7 Å². The highest BCUT2D eigenvalue weighted by Crippen LogP contribution is 2.29. The summed E-state index contributed by atoms with van der Waals surface area (Å²) in [7, 11) is 1.72. The van der Waals surface area contributed by atoms with Crippen LogP contribution in [0.3, 0.4) is 0 Å². The number of hydrogen-bond acceptors (Lipinski definition) is 3. The predicted molar refractivity (Wildman–Crippen MR) is 53.2 cm³/mol. The van der Waals surface area contributed by atoms with E-state index < -0.39 is 0 Å². The molecule has 2 fully saturated rings. The lowest BCUT2D eigenvalue weighted by molar-refractivity contribution is -0.121. The Bertz CT molecular complexity index is 272. The highest BCUT2D eigenvalue weighted by Gasteiger charge is 2.37. The second-order valence-electron chi connectivity index (χ2n) is 4.21. The number of methoxy groups -OCH3 is 1. The minimum absolute atomic E-state index is 0.180. The molecule has 1 saturated carbocycles. The minimum Gasteiger partial charge on any atom is -0.381 e. The van der Waals surface area contributed by atoms with Crippen LogP contribution in [-0.2, 0) is 9.53 Å². The van der Waals surface area contributed by atoms with E-state index in [-0.39, 0.29) is 23.9 Å². The fraction of sp³-hybridized carbons (Fsp3) is 0.800. The molecule has 5 nitrogen and oxygen atoms in total. The summed E-state index contributed by atoms with van der Waals surface area (Å²) in [6.07, 6.45) is 4.15. The summed E-state index contributed by atoms with van der Waals surface area (Å²) >= 11 is 0. The number of ether oxygens (including phenoxy) is 1. The van der Waals surface area contributed by atoms with Crippen LogP contribution in [0, 0.1) is 5.92 Å². The third kappa shape index (κ3) is 2.12. The van der Waals surface area contributed by atoms with Gasteiger partial charge in [0.1, 0.15) is 6.04 Å². The average Bonchev–Trinajstić information content (AvgIpc) is 2.58. The SMILES string of the molecule is COC1CCC([C@H]2NC(=O)NC2=O)CC1. The summed E-state index contributed by atoms with van der Waals surface area (Å²) in [5.74, 6) is 0.0868. The van der Waals surface area contributed by atoms with Crippen molar-refractivity contribution in [3.8, 4) is 0 Å². The van der Waals surface area contributed by atoms with Crippen molar-refractivity contribution >= 4 is 11.9 Å². The van der Waals surface area contributed by atoms with Crippen LogP contribution in [0.1, 0.15) is 25.7 Å². The van der Waals surface area contributed by atoms with Crippen LogP contribution in [-0.4, -0.2) is 31.2 Å². The largest absolute Gasteiger partial charge is 0.381 e. The topological polar surface area (TPSA) is 67.4 Å². The number of amides is 3. The molecule has 0 radical (unpaired) electrons. The first-order valence-electron chi connectivity index (χ1n) is 5.35. The van der Waals surface area contributed by atoms with Crippen LogP contribution >= 0.6 is 0 Å². The maximum Gasteiger partial charge on any atom is 0.322 e. The Hall–Kier alpha value is -1.10. The molecule has 0 aromatic carbocycles. The molecule has 0 aromatic heterocycles. The van der Waals surface area contributed by atoms with Gasteiger partial charge in [0.2, 0.25) is 0 Å². The third-order valence-electron chi connectivity index (χ3n) is 3.33. The van der Waals surface area contributed by atoms with Gasteiger partial charge in [-0.05, 0) is 31.6 Å². The van der Waals surface area contributed by atoms with Crippen LogP contribution in [0.25, 0.3) is 0 Å². The van der Waals surface area contributed by atoms with Crippen molar-refractivity contribution in [3.63, 3.8) is 0 Å². The molecule has 3 amide bonds. The van der Waals surface area contributed by atoms with Gasteiger partial charge in [-0.2, -0.15) is 0 Å².